The minimum atomic E-state index is -0.833. The predicted molar refractivity (Wildman–Crippen MR) is 82.8 cm³/mol. The Hall–Kier alpha value is -1.72. The monoisotopic (exact) mass is 307 g/mol. The van der Waals surface area contributed by atoms with Crippen LogP contribution >= 0.6 is 11.3 Å². The fraction of sp³-hybridized carbons (Fsp3) is 0.312. The van der Waals surface area contributed by atoms with Crippen molar-refractivity contribution < 1.29 is 14.3 Å². The van der Waals surface area contributed by atoms with Crippen molar-refractivity contribution in [2.45, 2.75) is 26.4 Å². The normalized spacial score (nSPS) is 12.6. The van der Waals surface area contributed by atoms with Crippen LogP contribution in [-0.4, -0.2) is 17.1 Å². The van der Waals surface area contributed by atoms with E-state index in [0.29, 0.717) is 6.54 Å². The van der Waals surface area contributed by atoms with Crippen LogP contribution in [0.15, 0.2) is 36.4 Å². The molecule has 0 radical (unpaired) electrons. The summed E-state index contributed by atoms with van der Waals surface area (Å²) in [5.74, 6) is -1.06. The number of carbonyl (C=O) groups is 1. The molecule has 5 heteroatoms. The van der Waals surface area contributed by atoms with Crippen LogP contribution in [0.5, 0.6) is 0 Å². The van der Waals surface area contributed by atoms with Gasteiger partial charge in [-0.15, -0.1) is 11.3 Å². The number of nitrogens with one attached hydrogen (secondary N) is 1. The second kappa shape index (κ2) is 6.83. The summed E-state index contributed by atoms with van der Waals surface area (Å²) in [5.41, 5.74) is 0.964. The van der Waals surface area contributed by atoms with Crippen LogP contribution in [0, 0.1) is 11.7 Å². The summed E-state index contributed by atoms with van der Waals surface area (Å²) in [5, 5.41) is 12.2. The molecule has 2 rings (SSSR count). The van der Waals surface area contributed by atoms with Crippen molar-refractivity contribution in [3.63, 3.8) is 0 Å². The molecule has 2 N–H and O–H groups in total. The van der Waals surface area contributed by atoms with E-state index in [1.807, 2.05) is 26.0 Å². The summed E-state index contributed by atoms with van der Waals surface area (Å²) >= 11 is 1.58. The van der Waals surface area contributed by atoms with Gasteiger partial charge in [0.2, 0.25) is 0 Å². The topological polar surface area (TPSA) is 49.3 Å². The number of halogens is 1. The number of carboxylic acids is 1. The molecule has 1 heterocycles. The Balaban J connectivity index is 2.03. The van der Waals surface area contributed by atoms with Crippen molar-refractivity contribution in [3.05, 3.63) is 47.1 Å². The lowest BCUT2D eigenvalue weighted by Gasteiger charge is -2.17. The van der Waals surface area contributed by atoms with E-state index in [-0.39, 0.29) is 11.7 Å². The van der Waals surface area contributed by atoms with Crippen LogP contribution in [-0.2, 0) is 11.3 Å². The fourth-order valence-electron chi connectivity index (χ4n) is 2.06. The van der Waals surface area contributed by atoms with Gasteiger partial charge in [0.25, 0.3) is 0 Å². The minimum absolute atomic E-state index is 0.0269. The van der Waals surface area contributed by atoms with Gasteiger partial charge < -0.3 is 5.11 Å². The average Bonchev–Trinajstić information content (AvgIpc) is 2.87. The Kier molecular flexibility index (Phi) is 5.09. The lowest BCUT2D eigenvalue weighted by atomic mass is 10.1. The third kappa shape index (κ3) is 4.12. The molecule has 1 aromatic carbocycles. The van der Waals surface area contributed by atoms with E-state index in [2.05, 4.69) is 5.32 Å². The van der Waals surface area contributed by atoms with Gasteiger partial charge in [-0.1, -0.05) is 26.0 Å². The van der Waals surface area contributed by atoms with Crippen LogP contribution in [0.4, 0.5) is 4.39 Å². The first-order valence-electron chi connectivity index (χ1n) is 6.78. The number of aliphatic carboxylic acids is 1. The summed E-state index contributed by atoms with van der Waals surface area (Å²) in [6.45, 7) is 4.27. The molecule has 0 saturated heterocycles. The molecular formula is C16H18FNO2S. The molecular weight excluding hydrogens is 289 g/mol. The van der Waals surface area contributed by atoms with Crippen LogP contribution in [0.3, 0.4) is 0 Å². The predicted octanol–water partition coefficient (Wildman–Crippen LogP) is 3.75. The van der Waals surface area contributed by atoms with Gasteiger partial charge in [-0.3, -0.25) is 10.1 Å². The summed E-state index contributed by atoms with van der Waals surface area (Å²) < 4.78 is 12.9. The number of hydrogen-bond donors (Lipinski definition) is 2. The summed E-state index contributed by atoms with van der Waals surface area (Å²) in [7, 11) is 0. The van der Waals surface area contributed by atoms with E-state index in [1.54, 1.807) is 23.5 Å². The fourth-order valence-corrected chi connectivity index (χ4v) is 3.03. The maximum atomic E-state index is 12.9. The van der Waals surface area contributed by atoms with Gasteiger partial charge >= 0.3 is 5.97 Å². The molecule has 0 aliphatic carbocycles. The van der Waals surface area contributed by atoms with E-state index in [9.17, 15) is 9.18 Å². The SMILES string of the molecule is CC(C)[C@H](NCc1ccc(-c2ccc(F)cc2)s1)C(=O)O. The third-order valence-electron chi connectivity index (χ3n) is 3.22. The van der Waals surface area contributed by atoms with E-state index >= 15 is 0 Å². The smallest absolute Gasteiger partial charge is 0.320 e. The first kappa shape index (κ1) is 15.7. The second-order valence-electron chi connectivity index (χ2n) is 5.21. The zero-order valence-corrected chi connectivity index (χ0v) is 12.8. The Morgan fingerprint density at radius 3 is 2.48 bits per heavy atom. The van der Waals surface area contributed by atoms with E-state index in [1.165, 1.54) is 12.1 Å². The molecule has 0 fully saturated rings. The molecule has 0 amide bonds. The van der Waals surface area contributed by atoms with Crippen LogP contribution in [0.1, 0.15) is 18.7 Å². The van der Waals surface area contributed by atoms with Crippen molar-refractivity contribution in [2.75, 3.05) is 0 Å². The van der Waals surface area contributed by atoms with Gasteiger partial charge in [0.05, 0.1) is 0 Å². The maximum Gasteiger partial charge on any atom is 0.320 e. The number of thiophene rings is 1. The Morgan fingerprint density at radius 2 is 1.90 bits per heavy atom. The average molecular weight is 307 g/mol. The van der Waals surface area contributed by atoms with Crippen LogP contribution < -0.4 is 5.32 Å². The van der Waals surface area contributed by atoms with E-state index in [0.717, 1.165) is 15.3 Å². The van der Waals surface area contributed by atoms with Crippen LogP contribution in [0.2, 0.25) is 0 Å². The van der Waals surface area contributed by atoms with Gasteiger partial charge in [-0.05, 0) is 35.7 Å². The molecule has 112 valence electrons. The van der Waals surface area contributed by atoms with Crippen molar-refractivity contribution >= 4 is 17.3 Å². The second-order valence-corrected chi connectivity index (χ2v) is 6.38. The highest BCUT2D eigenvalue weighted by Gasteiger charge is 2.20. The number of rotatable bonds is 6. The Morgan fingerprint density at radius 1 is 1.24 bits per heavy atom. The lowest BCUT2D eigenvalue weighted by Crippen LogP contribution is -2.40. The number of hydrogen-bond acceptors (Lipinski definition) is 3. The van der Waals surface area contributed by atoms with Gasteiger partial charge in [0.15, 0.2) is 0 Å². The molecule has 0 unspecified atom stereocenters. The number of carboxylic acid groups (broad SMARTS) is 1. The number of benzene rings is 1. The van der Waals surface area contributed by atoms with Gasteiger partial charge in [0.1, 0.15) is 11.9 Å². The first-order chi connectivity index (χ1) is 9.97. The molecule has 0 aliphatic heterocycles. The van der Waals surface area contributed by atoms with Gasteiger partial charge in [-0.2, -0.15) is 0 Å². The van der Waals surface area contributed by atoms with Crippen molar-refractivity contribution in [3.8, 4) is 10.4 Å². The zero-order chi connectivity index (χ0) is 15.4. The molecule has 1 aromatic heterocycles. The first-order valence-corrected chi connectivity index (χ1v) is 7.60. The highest BCUT2D eigenvalue weighted by atomic mass is 32.1. The Labute approximate surface area is 127 Å². The summed E-state index contributed by atoms with van der Waals surface area (Å²) in [4.78, 5) is 13.2. The highest BCUT2D eigenvalue weighted by molar-refractivity contribution is 7.15. The molecule has 0 bridgehead atoms. The van der Waals surface area contributed by atoms with Gasteiger partial charge in [-0.25, -0.2) is 4.39 Å². The highest BCUT2D eigenvalue weighted by Crippen LogP contribution is 2.28. The summed E-state index contributed by atoms with van der Waals surface area (Å²) in [6.07, 6.45) is 0. The molecule has 0 saturated carbocycles. The summed E-state index contributed by atoms with van der Waals surface area (Å²) in [6, 6.07) is 9.74. The molecule has 0 spiro atoms. The minimum Gasteiger partial charge on any atom is -0.480 e. The molecule has 3 nitrogen and oxygen atoms in total. The quantitative estimate of drug-likeness (QED) is 0.854. The van der Waals surface area contributed by atoms with E-state index in [4.69, 9.17) is 5.11 Å². The van der Waals surface area contributed by atoms with Crippen molar-refractivity contribution in [1.82, 2.24) is 5.32 Å². The maximum absolute atomic E-state index is 12.9. The largest absolute Gasteiger partial charge is 0.480 e. The van der Waals surface area contributed by atoms with Crippen molar-refractivity contribution in [2.24, 2.45) is 5.92 Å². The zero-order valence-electron chi connectivity index (χ0n) is 12.0. The standard InChI is InChI=1S/C16H18FNO2S/c1-10(2)15(16(19)20)18-9-13-7-8-14(21-13)11-3-5-12(17)6-4-11/h3-8,10,15,18H,9H2,1-2H3,(H,19,20)/t15-/m0/s1. The van der Waals surface area contributed by atoms with Crippen molar-refractivity contribution in [1.29, 1.82) is 0 Å². The molecule has 21 heavy (non-hydrogen) atoms. The Bertz CT molecular complexity index is 607. The van der Waals surface area contributed by atoms with Crippen LogP contribution in [0.25, 0.3) is 10.4 Å². The molecule has 2 aromatic rings. The molecule has 0 aliphatic rings. The molecule has 1 atom stereocenters. The third-order valence-corrected chi connectivity index (χ3v) is 4.35. The lowest BCUT2D eigenvalue weighted by molar-refractivity contribution is -0.140. The van der Waals surface area contributed by atoms with E-state index < -0.39 is 12.0 Å². The van der Waals surface area contributed by atoms with Gasteiger partial charge in [0, 0.05) is 16.3 Å².